The zero-order valence-corrected chi connectivity index (χ0v) is 12.2. The first kappa shape index (κ1) is 14.1. The van der Waals surface area contributed by atoms with Gasteiger partial charge in [0.25, 0.3) is 5.91 Å². The molecule has 2 aromatic rings. The van der Waals surface area contributed by atoms with Crippen LogP contribution in [0.4, 0.5) is 11.4 Å². The summed E-state index contributed by atoms with van der Waals surface area (Å²) in [6.07, 6.45) is 0.897. The minimum atomic E-state index is -0.0638. The van der Waals surface area contributed by atoms with Crippen LogP contribution < -0.4 is 10.6 Å². The van der Waals surface area contributed by atoms with Crippen LogP contribution in [0, 0.1) is 6.92 Å². The van der Waals surface area contributed by atoms with Crippen LogP contribution in [0.15, 0.2) is 42.5 Å². The van der Waals surface area contributed by atoms with E-state index in [0.29, 0.717) is 5.56 Å². The molecule has 0 heterocycles. The van der Waals surface area contributed by atoms with E-state index in [-0.39, 0.29) is 5.91 Å². The second-order valence-corrected chi connectivity index (χ2v) is 4.74. The number of nitrogens with one attached hydrogen (secondary N) is 2. The maximum atomic E-state index is 12.4. The molecule has 1 amide bonds. The van der Waals surface area contributed by atoms with Gasteiger partial charge in [-0.25, -0.2) is 0 Å². The van der Waals surface area contributed by atoms with Gasteiger partial charge in [-0.15, -0.1) is 0 Å². The molecule has 3 heteroatoms. The maximum Gasteiger partial charge on any atom is 0.255 e. The molecular formula is C17H20N2O. The molecule has 2 rings (SSSR count). The van der Waals surface area contributed by atoms with Gasteiger partial charge >= 0.3 is 0 Å². The van der Waals surface area contributed by atoms with Crippen molar-refractivity contribution in [1.29, 1.82) is 0 Å². The number of para-hydroxylation sites is 1. The molecular weight excluding hydrogens is 248 g/mol. The summed E-state index contributed by atoms with van der Waals surface area (Å²) in [5.41, 5.74) is 4.70. The van der Waals surface area contributed by atoms with E-state index in [4.69, 9.17) is 0 Å². The Hall–Kier alpha value is -2.29. The van der Waals surface area contributed by atoms with Crippen molar-refractivity contribution >= 4 is 17.3 Å². The van der Waals surface area contributed by atoms with E-state index in [2.05, 4.69) is 17.6 Å². The maximum absolute atomic E-state index is 12.4. The Balaban J connectivity index is 2.24. The van der Waals surface area contributed by atoms with Crippen molar-refractivity contribution in [2.45, 2.75) is 20.3 Å². The largest absolute Gasteiger partial charge is 0.388 e. The quantitative estimate of drug-likeness (QED) is 0.884. The molecule has 0 aliphatic rings. The Bertz CT molecular complexity index is 620. The zero-order valence-electron chi connectivity index (χ0n) is 12.2. The minimum Gasteiger partial charge on any atom is -0.388 e. The Labute approximate surface area is 120 Å². The number of hydrogen-bond acceptors (Lipinski definition) is 2. The third-order valence-corrected chi connectivity index (χ3v) is 3.41. The third-order valence-electron chi connectivity index (χ3n) is 3.41. The molecule has 0 unspecified atom stereocenters. The molecule has 0 radical (unpaired) electrons. The van der Waals surface area contributed by atoms with Crippen LogP contribution in [0.2, 0.25) is 0 Å². The number of hydrogen-bond donors (Lipinski definition) is 2. The van der Waals surface area contributed by atoms with Crippen LogP contribution in [-0.2, 0) is 6.42 Å². The van der Waals surface area contributed by atoms with Crippen molar-refractivity contribution in [3.05, 3.63) is 59.2 Å². The van der Waals surface area contributed by atoms with Crippen molar-refractivity contribution in [1.82, 2.24) is 0 Å². The number of amides is 1. The molecule has 104 valence electrons. The van der Waals surface area contributed by atoms with Gasteiger partial charge in [-0.2, -0.15) is 0 Å². The topological polar surface area (TPSA) is 41.1 Å². The summed E-state index contributed by atoms with van der Waals surface area (Å²) < 4.78 is 0. The summed E-state index contributed by atoms with van der Waals surface area (Å²) in [6.45, 7) is 4.03. The molecule has 2 aromatic carbocycles. The van der Waals surface area contributed by atoms with E-state index in [1.54, 1.807) is 0 Å². The Morgan fingerprint density at radius 3 is 2.55 bits per heavy atom. The lowest BCUT2D eigenvalue weighted by Gasteiger charge is -2.12. The first-order valence-corrected chi connectivity index (χ1v) is 6.83. The average Bonchev–Trinajstić information content (AvgIpc) is 2.47. The number of benzene rings is 2. The van der Waals surface area contributed by atoms with Crippen LogP contribution in [0.1, 0.15) is 28.4 Å². The number of rotatable bonds is 4. The number of carbonyl (C=O) groups is 1. The van der Waals surface area contributed by atoms with Gasteiger partial charge in [0.15, 0.2) is 0 Å². The number of carbonyl (C=O) groups excluding carboxylic acids is 1. The van der Waals surface area contributed by atoms with Crippen LogP contribution >= 0.6 is 0 Å². The molecule has 0 spiro atoms. The van der Waals surface area contributed by atoms with Gasteiger partial charge in [0.05, 0.1) is 0 Å². The van der Waals surface area contributed by atoms with E-state index in [0.717, 1.165) is 28.9 Å². The van der Waals surface area contributed by atoms with Gasteiger partial charge in [0.1, 0.15) is 0 Å². The first-order chi connectivity index (χ1) is 9.65. The van der Waals surface area contributed by atoms with E-state index < -0.39 is 0 Å². The predicted octanol–water partition coefficient (Wildman–Crippen LogP) is 3.85. The molecule has 0 atom stereocenters. The molecule has 0 aliphatic carbocycles. The van der Waals surface area contributed by atoms with Gasteiger partial charge in [0.2, 0.25) is 0 Å². The van der Waals surface area contributed by atoms with E-state index >= 15 is 0 Å². The van der Waals surface area contributed by atoms with Gasteiger partial charge in [-0.3, -0.25) is 4.79 Å². The Morgan fingerprint density at radius 1 is 1.15 bits per heavy atom. The summed E-state index contributed by atoms with van der Waals surface area (Å²) >= 11 is 0. The molecule has 0 fully saturated rings. The van der Waals surface area contributed by atoms with Gasteiger partial charge < -0.3 is 10.6 Å². The van der Waals surface area contributed by atoms with E-state index in [9.17, 15) is 4.79 Å². The zero-order chi connectivity index (χ0) is 14.5. The van der Waals surface area contributed by atoms with Gasteiger partial charge in [0, 0.05) is 24.0 Å². The lowest BCUT2D eigenvalue weighted by atomic mass is 10.1. The van der Waals surface area contributed by atoms with Crippen molar-refractivity contribution in [2.24, 2.45) is 0 Å². The van der Waals surface area contributed by atoms with Crippen molar-refractivity contribution in [2.75, 3.05) is 17.7 Å². The summed E-state index contributed by atoms with van der Waals surface area (Å²) in [6, 6.07) is 13.6. The van der Waals surface area contributed by atoms with Crippen molar-refractivity contribution in [3.8, 4) is 0 Å². The Morgan fingerprint density at radius 2 is 1.90 bits per heavy atom. The van der Waals surface area contributed by atoms with Crippen molar-refractivity contribution in [3.63, 3.8) is 0 Å². The van der Waals surface area contributed by atoms with Crippen LogP contribution in [-0.4, -0.2) is 13.0 Å². The minimum absolute atomic E-state index is 0.0638. The van der Waals surface area contributed by atoms with Crippen LogP contribution in [0.3, 0.4) is 0 Å². The smallest absolute Gasteiger partial charge is 0.255 e. The fourth-order valence-electron chi connectivity index (χ4n) is 2.21. The predicted molar refractivity (Wildman–Crippen MR) is 84.5 cm³/mol. The molecule has 0 bridgehead atoms. The third kappa shape index (κ3) is 2.99. The summed E-state index contributed by atoms with van der Waals surface area (Å²) in [5, 5.41) is 6.07. The fourth-order valence-corrected chi connectivity index (χ4v) is 2.21. The first-order valence-electron chi connectivity index (χ1n) is 6.83. The second-order valence-electron chi connectivity index (χ2n) is 4.74. The summed E-state index contributed by atoms with van der Waals surface area (Å²) in [4.78, 5) is 12.4. The highest BCUT2D eigenvalue weighted by Crippen LogP contribution is 2.19. The van der Waals surface area contributed by atoms with E-state index in [1.807, 2.05) is 56.4 Å². The van der Waals surface area contributed by atoms with Gasteiger partial charge in [-0.05, 0) is 48.7 Å². The highest BCUT2D eigenvalue weighted by Gasteiger charge is 2.11. The Kier molecular flexibility index (Phi) is 4.41. The number of aryl methyl sites for hydroxylation is 2. The molecule has 20 heavy (non-hydrogen) atoms. The molecule has 2 N–H and O–H groups in total. The molecule has 0 saturated heterocycles. The lowest BCUT2D eigenvalue weighted by molar-refractivity contribution is 0.102. The average molecular weight is 268 g/mol. The van der Waals surface area contributed by atoms with E-state index in [1.165, 1.54) is 0 Å². The monoisotopic (exact) mass is 268 g/mol. The standard InChI is InChI=1S/C17H20N2O/c1-4-13-7-5-6-8-16(13)19-17(20)15-10-9-14(18-3)11-12(15)2/h5-11,18H,4H2,1-3H3,(H,19,20). The molecule has 0 saturated carbocycles. The second kappa shape index (κ2) is 6.24. The lowest BCUT2D eigenvalue weighted by Crippen LogP contribution is -2.14. The van der Waals surface area contributed by atoms with Gasteiger partial charge in [-0.1, -0.05) is 25.1 Å². The summed E-state index contributed by atoms with van der Waals surface area (Å²) in [7, 11) is 1.87. The highest BCUT2D eigenvalue weighted by atomic mass is 16.1. The highest BCUT2D eigenvalue weighted by molar-refractivity contribution is 6.05. The fraction of sp³-hybridized carbons (Fsp3) is 0.235. The van der Waals surface area contributed by atoms with Crippen LogP contribution in [0.5, 0.6) is 0 Å². The summed E-state index contributed by atoms with van der Waals surface area (Å²) in [5.74, 6) is -0.0638. The normalized spacial score (nSPS) is 10.2. The van der Waals surface area contributed by atoms with Crippen LogP contribution in [0.25, 0.3) is 0 Å². The number of anilines is 2. The molecule has 0 aliphatic heterocycles. The molecule has 0 aromatic heterocycles. The molecule has 3 nitrogen and oxygen atoms in total. The SMILES string of the molecule is CCc1ccccc1NC(=O)c1ccc(NC)cc1C. The van der Waals surface area contributed by atoms with Crippen molar-refractivity contribution < 1.29 is 4.79 Å².